The van der Waals surface area contributed by atoms with Gasteiger partial charge in [-0.1, -0.05) is 36.4 Å². The van der Waals surface area contributed by atoms with E-state index in [4.69, 9.17) is 10.2 Å². The van der Waals surface area contributed by atoms with Gasteiger partial charge in [-0.3, -0.25) is 19.2 Å². The number of fused-ring (bicyclic) bond motifs is 2. The summed E-state index contributed by atoms with van der Waals surface area (Å²) in [5.74, 6) is -0.459. The van der Waals surface area contributed by atoms with E-state index in [0.717, 1.165) is 0 Å². The van der Waals surface area contributed by atoms with Gasteiger partial charge < -0.3 is 10.2 Å². The molecule has 2 aliphatic carbocycles. The summed E-state index contributed by atoms with van der Waals surface area (Å²) in [7, 11) is 0. The second kappa shape index (κ2) is 8.51. The number of allylic oxidation sites excluding steroid dienone is 4. The van der Waals surface area contributed by atoms with Crippen molar-refractivity contribution in [3.63, 3.8) is 0 Å². The van der Waals surface area contributed by atoms with Crippen LogP contribution in [-0.2, 0) is 21.7 Å². The van der Waals surface area contributed by atoms with Crippen LogP contribution in [-0.4, -0.2) is 42.9 Å². The average Bonchev–Trinajstić information content (AvgIpc) is 3.07. The molecular formula is C22H20O6Ti+4. The van der Waals surface area contributed by atoms with E-state index in [1.807, 2.05) is 0 Å². The van der Waals surface area contributed by atoms with Crippen LogP contribution in [0.15, 0.2) is 71.2 Å². The first kappa shape index (κ1) is 22.2. The number of rotatable bonds is 0. The van der Waals surface area contributed by atoms with E-state index < -0.39 is 0 Å². The van der Waals surface area contributed by atoms with Gasteiger partial charge >= 0.3 is 11.6 Å². The normalized spacial score (nSPS) is 17.7. The number of ketones is 4. The van der Waals surface area contributed by atoms with Crippen molar-refractivity contribution < 1.29 is 51.1 Å². The molecule has 2 aliphatic rings. The molecule has 7 heteroatoms. The van der Waals surface area contributed by atoms with Gasteiger partial charge in [0.2, 0.25) is 34.2 Å². The fraction of sp³-hybridized carbons (Fsp3) is 0.0909. The average molecular weight is 428 g/mol. The molecule has 6 nitrogen and oxygen atoms in total. The van der Waals surface area contributed by atoms with Crippen LogP contribution in [0.25, 0.3) is 0 Å². The van der Waals surface area contributed by atoms with Crippen molar-refractivity contribution in [3.8, 4) is 0 Å². The largest absolute Gasteiger partial charge is 0.596 e. The summed E-state index contributed by atoms with van der Waals surface area (Å²) in [6, 6.07) is 13.7. The Morgan fingerprint density at radius 1 is 0.655 bits per heavy atom. The van der Waals surface area contributed by atoms with Crippen molar-refractivity contribution in [1.29, 1.82) is 0 Å². The van der Waals surface area contributed by atoms with Crippen LogP contribution in [0, 0.1) is 0 Å². The predicted molar refractivity (Wildman–Crippen MR) is 106 cm³/mol. The predicted octanol–water partition coefficient (Wildman–Crippen LogP) is 1.55. The summed E-state index contributed by atoms with van der Waals surface area (Å²) in [6.07, 6.45) is 0. The number of carbonyl (C=O) groups excluding carboxylic acids is 4. The first-order valence-electron chi connectivity index (χ1n) is 8.51. The zero-order valence-corrected chi connectivity index (χ0v) is 17.4. The van der Waals surface area contributed by atoms with Crippen LogP contribution in [0.4, 0.5) is 0 Å². The molecule has 2 aromatic carbocycles. The summed E-state index contributed by atoms with van der Waals surface area (Å²) in [5, 5.41) is 14.8. The summed E-state index contributed by atoms with van der Waals surface area (Å²) in [4.78, 5) is 42.8. The van der Waals surface area contributed by atoms with Crippen molar-refractivity contribution in [2.24, 2.45) is 0 Å². The monoisotopic (exact) mass is 428 g/mol. The third-order valence-electron chi connectivity index (χ3n) is 4.53. The van der Waals surface area contributed by atoms with Gasteiger partial charge in [-0.15, -0.1) is 0 Å². The van der Waals surface area contributed by atoms with E-state index in [0.29, 0.717) is 22.3 Å². The van der Waals surface area contributed by atoms with Crippen LogP contribution in [0.1, 0.15) is 45.7 Å². The number of hydrogen-bond donors (Lipinski definition) is 0. The standard InChI is InChI=1S/2C11H8O3.Ti/c2*1-6(12)9-10(13)7-4-2-3-5-8(7)11(9)14;/h2*2-5,12H,1H3;/p+4. The maximum atomic E-state index is 11.7. The Balaban J connectivity index is 0.000000200. The van der Waals surface area contributed by atoms with Gasteiger partial charge in [0.25, 0.3) is 0 Å². The van der Waals surface area contributed by atoms with Crippen molar-refractivity contribution in [2.45, 2.75) is 13.8 Å². The van der Waals surface area contributed by atoms with E-state index in [1.54, 1.807) is 48.5 Å². The number of hydrogen-bond acceptors (Lipinski definition) is 2. The summed E-state index contributed by atoms with van der Waals surface area (Å²) in [6.45, 7) is 2.99. The van der Waals surface area contributed by atoms with Gasteiger partial charge in [0.05, 0.1) is 11.1 Å². The minimum Gasteiger partial charge on any atom is -0.596 e. The summed E-state index contributed by atoms with van der Waals surface area (Å²) < 4.78 is 0. The molecule has 4 rings (SSSR count). The zero-order chi connectivity index (χ0) is 20.6. The minimum absolute atomic E-state index is 0. The molecule has 0 amide bonds. The third-order valence-corrected chi connectivity index (χ3v) is 4.53. The second-order valence-electron chi connectivity index (χ2n) is 6.45. The Hall–Kier alpha value is -3.09. The van der Waals surface area contributed by atoms with E-state index in [1.165, 1.54) is 13.8 Å². The first-order valence-corrected chi connectivity index (χ1v) is 8.51. The molecule has 0 aliphatic heterocycles. The second-order valence-corrected chi connectivity index (χ2v) is 6.45. The minimum atomic E-state index is -0.259. The van der Waals surface area contributed by atoms with Crippen LogP contribution >= 0.6 is 0 Å². The molecule has 0 unspecified atom stereocenters. The molecule has 144 valence electrons. The molecular weight excluding hydrogens is 408 g/mol. The van der Waals surface area contributed by atoms with Crippen LogP contribution in [0.3, 0.4) is 0 Å². The Labute approximate surface area is 181 Å². The summed E-state index contributed by atoms with van der Waals surface area (Å²) in [5.41, 5.74) is 2.24. The van der Waals surface area contributed by atoms with Gasteiger partial charge in [-0.05, 0) is 12.1 Å². The molecule has 29 heavy (non-hydrogen) atoms. The molecule has 0 radical (unpaired) electrons. The SMILES string of the molecule is CC([OH2+])=C1C(=O)c2ccccc2C1=[OH+].CC([OH2+])=C1C(=O)c2ccccc2C1=[OH+].[Ti]. The topological polar surface area (TPSA) is 123 Å². The van der Waals surface area contributed by atoms with E-state index >= 15 is 0 Å². The van der Waals surface area contributed by atoms with Crippen molar-refractivity contribution in [1.82, 2.24) is 0 Å². The van der Waals surface area contributed by atoms with Crippen LogP contribution in [0.5, 0.6) is 0 Å². The van der Waals surface area contributed by atoms with Gasteiger partial charge in [-0.25, -0.2) is 0 Å². The van der Waals surface area contributed by atoms with Gasteiger partial charge in [-0.2, -0.15) is 0 Å². The Morgan fingerprint density at radius 2 is 0.931 bits per heavy atom. The smallest absolute Gasteiger partial charge is 0.368 e. The first-order chi connectivity index (χ1) is 13.3. The molecule has 0 spiro atoms. The maximum Gasteiger partial charge on any atom is 0.368 e. The van der Waals surface area contributed by atoms with Gasteiger partial charge in [0.15, 0.2) is 0 Å². The van der Waals surface area contributed by atoms with Gasteiger partial charge in [0.1, 0.15) is 0 Å². The Kier molecular flexibility index (Phi) is 6.52. The number of Topliss-reactive ketones (excluding diaryl/α,β-unsaturated/α-hetero) is 2. The molecule has 0 bridgehead atoms. The molecule has 6 N–H and O–H groups in total. The van der Waals surface area contributed by atoms with Gasteiger partial charge in [0, 0.05) is 46.7 Å². The molecule has 2 aromatic rings. The third kappa shape index (κ3) is 3.77. The van der Waals surface area contributed by atoms with Crippen molar-refractivity contribution in [2.75, 3.05) is 0 Å². The Bertz CT molecular complexity index is 952. The molecule has 0 fully saturated rings. The van der Waals surface area contributed by atoms with Crippen molar-refractivity contribution in [3.05, 3.63) is 93.4 Å². The summed E-state index contributed by atoms with van der Waals surface area (Å²) >= 11 is 0. The molecule has 0 aromatic heterocycles. The zero-order valence-electron chi connectivity index (χ0n) is 15.8. The van der Waals surface area contributed by atoms with E-state index in [2.05, 4.69) is 0 Å². The van der Waals surface area contributed by atoms with E-state index in [9.17, 15) is 19.2 Å². The maximum absolute atomic E-state index is 11.7. The number of benzene rings is 2. The quantitative estimate of drug-likeness (QED) is 0.208. The molecule has 0 saturated carbocycles. The number of carbonyl (C=O) groups is 2. The fourth-order valence-electron chi connectivity index (χ4n) is 3.22. The van der Waals surface area contributed by atoms with Crippen LogP contribution < -0.4 is 0 Å². The molecule has 0 saturated heterocycles. The molecule has 0 atom stereocenters. The Morgan fingerprint density at radius 3 is 1.17 bits per heavy atom. The molecule has 0 heterocycles. The van der Waals surface area contributed by atoms with Crippen LogP contribution in [0.2, 0.25) is 0 Å². The van der Waals surface area contributed by atoms with Crippen molar-refractivity contribution >= 4 is 23.1 Å². The van der Waals surface area contributed by atoms with E-state index in [-0.39, 0.29) is 67.5 Å². The fourth-order valence-corrected chi connectivity index (χ4v) is 3.22.